The number of hydrogen-bond donors (Lipinski definition) is 2. The van der Waals surface area contributed by atoms with Gasteiger partial charge in [-0.25, -0.2) is 0 Å². The molecule has 1 aliphatic rings. The van der Waals surface area contributed by atoms with Crippen LogP contribution < -0.4 is 5.32 Å². The van der Waals surface area contributed by atoms with Gasteiger partial charge in [0.05, 0.1) is 5.41 Å². The topological polar surface area (TPSA) is 66.4 Å². The number of carbonyl (C=O) groups excluding carboxylic acids is 1. The maximum absolute atomic E-state index is 11.9. The van der Waals surface area contributed by atoms with Crippen molar-refractivity contribution in [2.45, 2.75) is 58.9 Å². The lowest BCUT2D eigenvalue weighted by atomic mass is 9.71. The Labute approximate surface area is 108 Å². The highest BCUT2D eigenvalue weighted by molar-refractivity contribution is 5.93. The van der Waals surface area contributed by atoms with Gasteiger partial charge in [0.2, 0.25) is 5.91 Å². The normalized spacial score (nSPS) is 28.8. The molecule has 1 aliphatic carbocycles. The first-order chi connectivity index (χ1) is 8.41. The van der Waals surface area contributed by atoms with Crippen LogP contribution in [0.3, 0.4) is 0 Å². The smallest absolute Gasteiger partial charge is 0.311 e. The molecule has 4 nitrogen and oxygen atoms in total. The van der Waals surface area contributed by atoms with Gasteiger partial charge in [-0.15, -0.1) is 0 Å². The number of aliphatic carboxylic acids is 1. The SMILES string of the molecule is CC/C=C(/C)C(=O)NC1CCCCC1(C)C(=O)O. The largest absolute Gasteiger partial charge is 0.481 e. The van der Waals surface area contributed by atoms with Gasteiger partial charge in [-0.2, -0.15) is 0 Å². The predicted octanol–water partition coefficient (Wildman–Crippen LogP) is 2.49. The summed E-state index contributed by atoms with van der Waals surface area (Å²) in [5, 5.41) is 12.2. The lowest BCUT2D eigenvalue weighted by Gasteiger charge is -2.38. The van der Waals surface area contributed by atoms with Gasteiger partial charge in [-0.3, -0.25) is 9.59 Å². The quantitative estimate of drug-likeness (QED) is 0.756. The van der Waals surface area contributed by atoms with Crippen LogP contribution in [-0.2, 0) is 9.59 Å². The molecule has 0 heterocycles. The molecule has 1 saturated carbocycles. The number of nitrogens with one attached hydrogen (secondary N) is 1. The Bertz CT molecular complexity index is 362. The molecular formula is C14H23NO3. The average molecular weight is 253 g/mol. The molecule has 2 N–H and O–H groups in total. The fraction of sp³-hybridized carbons (Fsp3) is 0.714. The Morgan fingerprint density at radius 1 is 1.44 bits per heavy atom. The zero-order chi connectivity index (χ0) is 13.8. The number of rotatable bonds is 4. The zero-order valence-electron chi connectivity index (χ0n) is 11.5. The third kappa shape index (κ3) is 3.12. The van der Waals surface area contributed by atoms with E-state index in [1.807, 2.05) is 13.0 Å². The third-order valence-corrected chi connectivity index (χ3v) is 3.87. The summed E-state index contributed by atoms with van der Waals surface area (Å²) < 4.78 is 0. The Hall–Kier alpha value is -1.32. The van der Waals surface area contributed by atoms with Crippen molar-refractivity contribution in [3.63, 3.8) is 0 Å². The van der Waals surface area contributed by atoms with Crippen LogP contribution in [0, 0.1) is 5.41 Å². The van der Waals surface area contributed by atoms with E-state index in [0.29, 0.717) is 12.0 Å². The lowest BCUT2D eigenvalue weighted by molar-refractivity contribution is -0.152. The Balaban J connectivity index is 2.78. The molecule has 0 aliphatic heterocycles. The maximum Gasteiger partial charge on any atom is 0.311 e. The monoisotopic (exact) mass is 253 g/mol. The van der Waals surface area contributed by atoms with Crippen molar-refractivity contribution < 1.29 is 14.7 Å². The summed E-state index contributed by atoms with van der Waals surface area (Å²) in [6.07, 6.45) is 5.93. The molecule has 0 aromatic heterocycles. The second kappa shape index (κ2) is 6.03. The summed E-state index contributed by atoms with van der Waals surface area (Å²) in [7, 11) is 0. The second-order valence-electron chi connectivity index (χ2n) is 5.29. The van der Waals surface area contributed by atoms with E-state index in [1.165, 1.54) is 0 Å². The molecule has 0 saturated heterocycles. The standard InChI is InChI=1S/C14H23NO3/c1-4-7-10(2)12(16)15-11-8-5-6-9-14(11,3)13(17)18/h7,11H,4-6,8-9H2,1-3H3,(H,15,16)(H,17,18)/b10-7-. The number of amides is 1. The third-order valence-electron chi connectivity index (χ3n) is 3.87. The van der Waals surface area contributed by atoms with Gasteiger partial charge in [0.1, 0.15) is 0 Å². The van der Waals surface area contributed by atoms with Gasteiger partial charge in [0, 0.05) is 11.6 Å². The first-order valence-electron chi connectivity index (χ1n) is 6.63. The molecule has 1 fully saturated rings. The Morgan fingerprint density at radius 2 is 2.11 bits per heavy atom. The number of hydrogen-bond acceptors (Lipinski definition) is 2. The highest BCUT2D eigenvalue weighted by Gasteiger charge is 2.43. The van der Waals surface area contributed by atoms with Crippen LogP contribution in [-0.4, -0.2) is 23.0 Å². The second-order valence-corrected chi connectivity index (χ2v) is 5.29. The van der Waals surface area contributed by atoms with E-state index in [9.17, 15) is 14.7 Å². The van der Waals surface area contributed by atoms with Crippen molar-refractivity contribution in [1.29, 1.82) is 0 Å². The summed E-state index contributed by atoms with van der Waals surface area (Å²) in [6.45, 7) is 5.47. The van der Waals surface area contributed by atoms with E-state index in [0.717, 1.165) is 25.7 Å². The lowest BCUT2D eigenvalue weighted by Crippen LogP contribution is -2.52. The fourth-order valence-electron chi connectivity index (χ4n) is 2.49. The van der Waals surface area contributed by atoms with Crippen molar-refractivity contribution in [1.82, 2.24) is 5.32 Å². The minimum Gasteiger partial charge on any atom is -0.481 e. The summed E-state index contributed by atoms with van der Waals surface area (Å²) >= 11 is 0. The van der Waals surface area contributed by atoms with Gasteiger partial charge in [-0.05, 0) is 33.1 Å². The molecule has 0 aromatic rings. The number of carboxylic acids is 1. The van der Waals surface area contributed by atoms with E-state index in [1.54, 1.807) is 13.8 Å². The Morgan fingerprint density at radius 3 is 2.67 bits per heavy atom. The summed E-state index contributed by atoms with van der Waals surface area (Å²) in [4.78, 5) is 23.3. The van der Waals surface area contributed by atoms with Crippen LogP contribution in [0.25, 0.3) is 0 Å². The van der Waals surface area contributed by atoms with E-state index < -0.39 is 11.4 Å². The first kappa shape index (κ1) is 14.7. The molecule has 4 heteroatoms. The van der Waals surface area contributed by atoms with E-state index in [-0.39, 0.29) is 11.9 Å². The average Bonchev–Trinajstić information content (AvgIpc) is 2.32. The molecule has 0 aromatic carbocycles. The molecule has 2 unspecified atom stereocenters. The highest BCUT2D eigenvalue weighted by Crippen LogP contribution is 2.36. The number of carboxylic acid groups (broad SMARTS) is 1. The summed E-state index contributed by atoms with van der Waals surface area (Å²) in [5.74, 6) is -0.958. The van der Waals surface area contributed by atoms with Gasteiger partial charge in [0.15, 0.2) is 0 Å². The van der Waals surface area contributed by atoms with Gasteiger partial charge in [0.25, 0.3) is 0 Å². The minimum atomic E-state index is -0.833. The van der Waals surface area contributed by atoms with Crippen LogP contribution in [0.15, 0.2) is 11.6 Å². The molecule has 0 spiro atoms. The van der Waals surface area contributed by atoms with Crippen molar-refractivity contribution in [3.05, 3.63) is 11.6 Å². The van der Waals surface area contributed by atoms with Crippen molar-refractivity contribution >= 4 is 11.9 Å². The van der Waals surface area contributed by atoms with E-state index >= 15 is 0 Å². The van der Waals surface area contributed by atoms with Crippen LogP contribution in [0.5, 0.6) is 0 Å². The molecule has 0 radical (unpaired) electrons. The zero-order valence-corrected chi connectivity index (χ0v) is 11.5. The molecular weight excluding hydrogens is 230 g/mol. The van der Waals surface area contributed by atoms with Crippen LogP contribution in [0.4, 0.5) is 0 Å². The number of allylic oxidation sites excluding steroid dienone is 1. The predicted molar refractivity (Wildman–Crippen MR) is 70.2 cm³/mol. The first-order valence-corrected chi connectivity index (χ1v) is 6.63. The van der Waals surface area contributed by atoms with E-state index in [4.69, 9.17) is 0 Å². The van der Waals surface area contributed by atoms with Crippen LogP contribution >= 0.6 is 0 Å². The summed E-state index contributed by atoms with van der Waals surface area (Å²) in [5.41, 5.74) is -0.170. The van der Waals surface area contributed by atoms with Crippen LogP contribution in [0.2, 0.25) is 0 Å². The van der Waals surface area contributed by atoms with E-state index in [2.05, 4.69) is 5.32 Å². The van der Waals surface area contributed by atoms with Crippen molar-refractivity contribution in [2.75, 3.05) is 0 Å². The molecule has 102 valence electrons. The minimum absolute atomic E-state index is 0.142. The van der Waals surface area contributed by atoms with Crippen molar-refractivity contribution in [2.24, 2.45) is 5.41 Å². The fourth-order valence-corrected chi connectivity index (χ4v) is 2.49. The molecule has 2 atom stereocenters. The Kier molecular flexibility index (Phi) is 4.93. The molecule has 18 heavy (non-hydrogen) atoms. The molecule has 0 bridgehead atoms. The summed E-state index contributed by atoms with van der Waals surface area (Å²) in [6, 6.07) is -0.267. The highest BCUT2D eigenvalue weighted by atomic mass is 16.4. The maximum atomic E-state index is 11.9. The van der Waals surface area contributed by atoms with Gasteiger partial charge < -0.3 is 10.4 Å². The van der Waals surface area contributed by atoms with Gasteiger partial charge >= 0.3 is 5.97 Å². The van der Waals surface area contributed by atoms with Gasteiger partial charge in [-0.1, -0.05) is 25.8 Å². The van der Waals surface area contributed by atoms with Crippen LogP contribution in [0.1, 0.15) is 52.9 Å². The molecule has 1 amide bonds. The van der Waals surface area contributed by atoms with Crippen molar-refractivity contribution in [3.8, 4) is 0 Å². The molecule has 1 rings (SSSR count). The number of carbonyl (C=O) groups is 2.